The molecular weight excluding hydrogens is 320 g/mol. The van der Waals surface area contributed by atoms with E-state index in [-0.39, 0.29) is 5.91 Å². The summed E-state index contributed by atoms with van der Waals surface area (Å²) in [6, 6.07) is 5.84. The topological polar surface area (TPSA) is 41.6 Å². The quantitative estimate of drug-likeness (QED) is 0.916. The Balaban J connectivity index is 2.00. The molecule has 1 saturated heterocycles. The molecule has 0 aliphatic carbocycles. The molecule has 1 aliphatic rings. The van der Waals surface area contributed by atoms with Gasteiger partial charge in [0.25, 0.3) is 5.91 Å². The summed E-state index contributed by atoms with van der Waals surface area (Å²) in [4.78, 5) is 14.2. The van der Waals surface area contributed by atoms with Gasteiger partial charge in [-0.2, -0.15) is 0 Å². The van der Waals surface area contributed by atoms with Crippen molar-refractivity contribution in [3.63, 3.8) is 0 Å². The second-order valence-electron chi connectivity index (χ2n) is 5.18. The zero-order chi connectivity index (χ0) is 14.5. The van der Waals surface area contributed by atoms with Gasteiger partial charge in [0, 0.05) is 25.2 Å². The summed E-state index contributed by atoms with van der Waals surface area (Å²) in [7, 11) is 3.47. The predicted molar refractivity (Wildman–Crippen MR) is 83.3 cm³/mol. The van der Waals surface area contributed by atoms with E-state index in [2.05, 4.69) is 21.2 Å². The first-order valence-corrected chi connectivity index (χ1v) is 7.73. The lowest BCUT2D eigenvalue weighted by atomic mass is 10.0. The molecule has 0 bridgehead atoms. The van der Waals surface area contributed by atoms with E-state index in [0.29, 0.717) is 11.6 Å². The Hall–Kier alpha value is -1.07. The van der Waals surface area contributed by atoms with E-state index >= 15 is 0 Å². The number of ether oxygens (including phenoxy) is 1. The van der Waals surface area contributed by atoms with Crippen LogP contribution >= 0.6 is 15.9 Å². The molecule has 1 unspecified atom stereocenters. The van der Waals surface area contributed by atoms with E-state index in [9.17, 15) is 4.79 Å². The van der Waals surface area contributed by atoms with Crippen LogP contribution in [0, 0.1) is 0 Å². The standard InChI is InChI=1S/C15H21BrN2O2/c1-18(10-12-5-3-4-8-17-12)15(19)11-6-7-14(20-2)13(16)9-11/h6-7,9,12,17H,3-5,8,10H2,1-2H3. The highest BCUT2D eigenvalue weighted by Gasteiger charge is 2.19. The van der Waals surface area contributed by atoms with Crippen molar-refractivity contribution < 1.29 is 9.53 Å². The van der Waals surface area contributed by atoms with Crippen molar-refractivity contribution >= 4 is 21.8 Å². The maximum absolute atomic E-state index is 12.4. The first-order valence-electron chi connectivity index (χ1n) is 6.94. The Morgan fingerprint density at radius 3 is 2.90 bits per heavy atom. The molecule has 110 valence electrons. The predicted octanol–water partition coefficient (Wildman–Crippen LogP) is 2.67. The third-order valence-corrected chi connectivity index (χ3v) is 4.27. The summed E-state index contributed by atoms with van der Waals surface area (Å²) in [6.07, 6.45) is 3.62. The molecule has 1 atom stereocenters. The largest absolute Gasteiger partial charge is 0.496 e. The first-order chi connectivity index (χ1) is 9.61. The average Bonchev–Trinajstić information content (AvgIpc) is 2.47. The molecule has 5 heteroatoms. The van der Waals surface area contributed by atoms with E-state index in [1.807, 2.05) is 19.2 Å². The number of piperidine rings is 1. The van der Waals surface area contributed by atoms with Gasteiger partial charge in [-0.1, -0.05) is 6.42 Å². The van der Waals surface area contributed by atoms with Crippen molar-refractivity contribution in [3.8, 4) is 5.75 Å². The lowest BCUT2D eigenvalue weighted by Gasteiger charge is -2.28. The highest BCUT2D eigenvalue weighted by atomic mass is 79.9. The van der Waals surface area contributed by atoms with Crippen LogP contribution in [0.4, 0.5) is 0 Å². The van der Waals surface area contributed by atoms with Crippen molar-refractivity contribution in [2.24, 2.45) is 0 Å². The number of halogens is 1. The number of amides is 1. The van der Waals surface area contributed by atoms with Crippen LogP contribution in [0.1, 0.15) is 29.6 Å². The molecule has 1 N–H and O–H groups in total. The number of carbonyl (C=O) groups is 1. The normalized spacial score (nSPS) is 18.6. The summed E-state index contributed by atoms with van der Waals surface area (Å²) in [5.41, 5.74) is 0.677. The van der Waals surface area contributed by atoms with E-state index in [0.717, 1.165) is 29.7 Å². The average molecular weight is 341 g/mol. The Morgan fingerprint density at radius 2 is 2.30 bits per heavy atom. The smallest absolute Gasteiger partial charge is 0.253 e. The highest BCUT2D eigenvalue weighted by molar-refractivity contribution is 9.10. The summed E-state index contributed by atoms with van der Waals surface area (Å²) in [6.45, 7) is 1.81. The van der Waals surface area contributed by atoms with E-state index in [4.69, 9.17) is 4.74 Å². The molecular formula is C15H21BrN2O2. The minimum atomic E-state index is 0.0423. The summed E-state index contributed by atoms with van der Waals surface area (Å²) >= 11 is 3.42. The van der Waals surface area contributed by atoms with Crippen molar-refractivity contribution in [2.45, 2.75) is 25.3 Å². The molecule has 0 radical (unpaired) electrons. The summed E-state index contributed by atoms with van der Waals surface area (Å²) in [5.74, 6) is 0.777. The highest BCUT2D eigenvalue weighted by Crippen LogP contribution is 2.26. The Bertz CT molecular complexity index is 473. The van der Waals surface area contributed by atoms with Crippen LogP contribution in [0.15, 0.2) is 22.7 Å². The van der Waals surface area contributed by atoms with Crippen LogP contribution in [-0.2, 0) is 0 Å². The van der Waals surface area contributed by atoms with Crippen LogP contribution in [0.5, 0.6) is 5.75 Å². The number of likely N-dealkylation sites (N-methyl/N-ethyl adjacent to an activating group) is 1. The third kappa shape index (κ3) is 3.73. The Labute approximate surface area is 128 Å². The Kier molecular flexibility index (Phi) is 5.43. The van der Waals surface area contributed by atoms with Gasteiger partial charge >= 0.3 is 0 Å². The van der Waals surface area contributed by atoms with Crippen molar-refractivity contribution in [3.05, 3.63) is 28.2 Å². The number of hydrogen-bond donors (Lipinski definition) is 1. The first kappa shape index (κ1) is 15.3. The van der Waals surface area contributed by atoms with Crippen molar-refractivity contribution in [1.29, 1.82) is 0 Å². The number of benzene rings is 1. The molecule has 1 fully saturated rings. The number of nitrogens with zero attached hydrogens (tertiary/aromatic N) is 1. The van der Waals surface area contributed by atoms with Crippen LogP contribution in [-0.4, -0.2) is 44.1 Å². The fraction of sp³-hybridized carbons (Fsp3) is 0.533. The number of nitrogens with one attached hydrogen (secondary N) is 1. The molecule has 1 amide bonds. The van der Waals surface area contributed by atoms with Crippen LogP contribution in [0.2, 0.25) is 0 Å². The molecule has 4 nitrogen and oxygen atoms in total. The van der Waals surface area contributed by atoms with Crippen LogP contribution in [0.25, 0.3) is 0 Å². The minimum Gasteiger partial charge on any atom is -0.496 e. The van der Waals surface area contributed by atoms with E-state index < -0.39 is 0 Å². The molecule has 1 aliphatic heterocycles. The van der Waals surface area contributed by atoms with Gasteiger partial charge in [-0.15, -0.1) is 0 Å². The molecule has 2 rings (SSSR count). The zero-order valence-electron chi connectivity index (χ0n) is 12.0. The number of carbonyl (C=O) groups excluding carboxylic acids is 1. The van der Waals surface area contributed by atoms with Gasteiger partial charge in [-0.25, -0.2) is 0 Å². The summed E-state index contributed by atoms with van der Waals surface area (Å²) < 4.78 is 5.98. The molecule has 0 saturated carbocycles. The van der Waals surface area contributed by atoms with Gasteiger partial charge in [-0.3, -0.25) is 4.79 Å². The maximum Gasteiger partial charge on any atom is 0.253 e. The molecule has 0 spiro atoms. The molecule has 1 aromatic carbocycles. The van der Waals surface area contributed by atoms with Crippen molar-refractivity contribution in [2.75, 3.05) is 27.2 Å². The molecule has 20 heavy (non-hydrogen) atoms. The second-order valence-corrected chi connectivity index (χ2v) is 6.04. The van der Waals surface area contributed by atoms with Gasteiger partial charge < -0.3 is 15.0 Å². The van der Waals surface area contributed by atoms with Crippen LogP contribution in [0.3, 0.4) is 0 Å². The Morgan fingerprint density at radius 1 is 1.50 bits per heavy atom. The monoisotopic (exact) mass is 340 g/mol. The van der Waals surface area contributed by atoms with Gasteiger partial charge in [0.2, 0.25) is 0 Å². The summed E-state index contributed by atoms with van der Waals surface area (Å²) in [5, 5.41) is 3.46. The zero-order valence-corrected chi connectivity index (χ0v) is 13.6. The molecule has 0 aromatic heterocycles. The number of rotatable bonds is 4. The molecule has 1 aromatic rings. The van der Waals surface area contributed by atoms with Gasteiger partial charge in [-0.05, 0) is 53.5 Å². The van der Waals surface area contributed by atoms with E-state index in [1.165, 1.54) is 12.8 Å². The number of hydrogen-bond acceptors (Lipinski definition) is 3. The van der Waals surface area contributed by atoms with E-state index in [1.54, 1.807) is 18.1 Å². The third-order valence-electron chi connectivity index (χ3n) is 3.65. The maximum atomic E-state index is 12.4. The van der Waals surface area contributed by atoms with Gasteiger partial charge in [0.05, 0.1) is 11.6 Å². The SMILES string of the molecule is COc1ccc(C(=O)N(C)CC2CCCCN2)cc1Br. The van der Waals surface area contributed by atoms with Crippen molar-refractivity contribution in [1.82, 2.24) is 10.2 Å². The second kappa shape index (κ2) is 7.09. The number of methoxy groups -OCH3 is 1. The fourth-order valence-electron chi connectivity index (χ4n) is 2.51. The van der Waals surface area contributed by atoms with Gasteiger partial charge in [0.15, 0.2) is 0 Å². The molecule has 1 heterocycles. The fourth-order valence-corrected chi connectivity index (χ4v) is 3.05. The minimum absolute atomic E-state index is 0.0423. The van der Waals surface area contributed by atoms with Gasteiger partial charge in [0.1, 0.15) is 5.75 Å². The lowest BCUT2D eigenvalue weighted by Crippen LogP contribution is -2.44. The van der Waals surface area contributed by atoms with Crippen LogP contribution < -0.4 is 10.1 Å². The lowest BCUT2D eigenvalue weighted by molar-refractivity contribution is 0.0775.